The zero-order chi connectivity index (χ0) is 15.8. The molecule has 23 heavy (non-hydrogen) atoms. The van der Waals surface area contributed by atoms with Crippen LogP contribution >= 0.6 is 12.4 Å². The van der Waals surface area contributed by atoms with E-state index in [0.29, 0.717) is 12.3 Å². The molecule has 1 fully saturated rings. The van der Waals surface area contributed by atoms with Crippen molar-refractivity contribution in [3.63, 3.8) is 0 Å². The van der Waals surface area contributed by atoms with Crippen molar-refractivity contribution in [3.8, 4) is 5.75 Å². The summed E-state index contributed by atoms with van der Waals surface area (Å²) >= 11 is 0. The first kappa shape index (κ1) is 19.8. The average Bonchev–Trinajstić information content (AvgIpc) is 2.56. The van der Waals surface area contributed by atoms with E-state index < -0.39 is 0 Å². The Morgan fingerprint density at radius 3 is 2.74 bits per heavy atom. The van der Waals surface area contributed by atoms with Gasteiger partial charge in [0.1, 0.15) is 5.75 Å². The first-order chi connectivity index (χ1) is 10.7. The van der Waals surface area contributed by atoms with Crippen molar-refractivity contribution >= 4 is 18.3 Å². The van der Waals surface area contributed by atoms with E-state index in [2.05, 4.69) is 17.6 Å². The second-order valence-corrected chi connectivity index (χ2v) is 6.23. The Labute approximate surface area is 145 Å². The molecule has 1 aliphatic rings. The summed E-state index contributed by atoms with van der Waals surface area (Å²) in [5.74, 6) is 1.93. The highest BCUT2D eigenvalue weighted by Crippen LogP contribution is 2.21. The van der Waals surface area contributed by atoms with Crippen LogP contribution in [0.15, 0.2) is 24.3 Å². The third kappa shape index (κ3) is 6.80. The molecule has 0 radical (unpaired) electrons. The maximum Gasteiger partial charge on any atom is 0.220 e. The molecule has 1 aromatic carbocycles. The zero-order valence-electron chi connectivity index (χ0n) is 14.1. The Kier molecular flexibility index (Phi) is 9.03. The number of methoxy groups -OCH3 is 1. The van der Waals surface area contributed by atoms with Crippen molar-refractivity contribution in [2.45, 2.75) is 38.5 Å². The summed E-state index contributed by atoms with van der Waals surface area (Å²) in [6.07, 6.45) is 4.16. The fourth-order valence-electron chi connectivity index (χ4n) is 2.99. The molecule has 2 unspecified atom stereocenters. The largest absolute Gasteiger partial charge is 0.497 e. The van der Waals surface area contributed by atoms with Gasteiger partial charge in [-0.2, -0.15) is 0 Å². The van der Waals surface area contributed by atoms with Crippen LogP contribution < -0.4 is 15.4 Å². The fraction of sp³-hybridized carbons (Fsp3) is 0.611. The number of amides is 1. The summed E-state index contributed by atoms with van der Waals surface area (Å²) in [7, 11) is 1.66. The minimum Gasteiger partial charge on any atom is -0.497 e. The van der Waals surface area contributed by atoms with Gasteiger partial charge in [-0.25, -0.2) is 0 Å². The van der Waals surface area contributed by atoms with Gasteiger partial charge in [-0.1, -0.05) is 19.1 Å². The van der Waals surface area contributed by atoms with Gasteiger partial charge in [-0.05, 0) is 61.9 Å². The van der Waals surface area contributed by atoms with Crippen LogP contribution in [-0.2, 0) is 4.79 Å². The van der Waals surface area contributed by atoms with Crippen LogP contribution in [0.2, 0.25) is 0 Å². The topological polar surface area (TPSA) is 50.4 Å². The molecule has 0 bridgehead atoms. The summed E-state index contributed by atoms with van der Waals surface area (Å²) in [6.45, 7) is 5.12. The number of halogens is 1. The van der Waals surface area contributed by atoms with Crippen LogP contribution in [0.1, 0.15) is 44.1 Å². The summed E-state index contributed by atoms with van der Waals surface area (Å²) in [6, 6.07) is 7.95. The van der Waals surface area contributed by atoms with Crippen molar-refractivity contribution in [3.05, 3.63) is 29.8 Å². The second-order valence-electron chi connectivity index (χ2n) is 6.23. The maximum absolute atomic E-state index is 12.0. The number of nitrogens with one attached hydrogen (secondary N) is 2. The molecule has 2 atom stereocenters. The lowest BCUT2D eigenvalue weighted by molar-refractivity contribution is -0.121. The number of benzene rings is 1. The second kappa shape index (κ2) is 10.5. The number of rotatable bonds is 7. The Morgan fingerprint density at radius 2 is 2.13 bits per heavy atom. The number of carbonyl (C=O) groups is 1. The van der Waals surface area contributed by atoms with Crippen molar-refractivity contribution in [2.24, 2.45) is 5.92 Å². The van der Waals surface area contributed by atoms with E-state index in [1.165, 1.54) is 18.4 Å². The third-order valence-corrected chi connectivity index (χ3v) is 4.45. The van der Waals surface area contributed by atoms with Gasteiger partial charge in [-0.3, -0.25) is 4.79 Å². The number of hydrogen-bond acceptors (Lipinski definition) is 3. The van der Waals surface area contributed by atoms with Gasteiger partial charge in [0.2, 0.25) is 5.91 Å². The Balaban J connectivity index is 0.00000264. The lowest BCUT2D eigenvalue weighted by Crippen LogP contribution is -2.33. The van der Waals surface area contributed by atoms with Gasteiger partial charge in [0.25, 0.3) is 0 Å². The molecule has 0 saturated carbocycles. The van der Waals surface area contributed by atoms with Gasteiger partial charge in [0.15, 0.2) is 0 Å². The Hall–Kier alpha value is -1.26. The van der Waals surface area contributed by atoms with Crippen LogP contribution in [0.25, 0.3) is 0 Å². The van der Waals surface area contributed by atoms with E-state index in [1.54, 1.807) is 7.11 Å². The SMILES string of the molecule is COc1ccc(C(C)CC(=O)NCCC2CCCNC2)cc1.Cl. The standard InChI is InChI=1S/C18H28N2O2.ClH/c1-14(16-5-7-17(22-2)8-6-16)12-18(21)20-11-9-15-4-3-10-19-13-15;/h5-8,14-15,19H,3-4,9-13H2,1-2H3,(H,20,21);1H. The highest BCUT2D eigenvalue weighted by atomic mass is 35.5. The maximum atomic E-state index is 12.0. The lowest BCUT2D eigenvalue weighted by atomic mass is 9.95. The zero-order valence-corrected chi connectivity index (χ0v) is 15.0. The first-order valence-electron chi connectivity index (χ1n) is 8.30. The van der Waals surface area contributed by atoms with E-state index >= 15 is 0 Å². The van der Waals surface area contributed by atoms with Gasteiger partial charge < -0.3 is 15.4 Å². The molecule has 0 spiro atoms. The van der Waals surface area contributed by atoms with E-state index in [0.717, 1.165) is 31.8 Å². The number of piperidine rings is 1. The molecule has 1 aromatic rings. The van der Waals surface area contributed by atoms with Crippen molar-refractivity contribution in [2.75, 3.05) is 26.7 Å². The molecule has 0 aliphatic carbocycles. The monoisotopic (exact) mass is 340 g/mol. The molecule has 0 aromatic heterocycles. The summed E-state index contributed by atoms with van der Waals surface area (Å²) in [5, 5.41) is 6.47. The minimum absolute atomic E-state index is 0. The number of hydrogen-bond donors (Lipinski definition) is 2. The number of carbonyl (C=O) groups excluding carboxylic acids is 1. The van der Waals surface area contributed by atoms with Gasteiger partial charge in [-0.15, -0.1) is 12.4 Å². The summed E-state index contributed by atoms with van der Waals surface area (Å²) in [5.41, 5.74) is 1.17. The highest BCUT2D eigenvalue weighted by Gasteiger charge is 2.14. The fourth-order valence-corrected chi connectivity index (χ4v) is 2.99. The molecular weight excluding hydrogens is 312 g/mol. The molecule has 130 valence electrons. The van der Waals surface area contributed by atoms with Crippen LogP contribution in [0.4, 0.5) is 0 Å². The molecular formula is C18H29ClN2O2. The van der Waals surface area contributed by atoms with E-state index in [1.807, 2.05) is 24.3 Å². The number of ether oxygens (including phenoxy) is 1. The van der Waals surface area contributed by atoms with Crippen LogP contribution in [0.3, 0.4) is 0 Å². The smallest absolute Gasteiger partial charge is 0.220 e. The molecule has 5 heteroatoms. The quantitative estimate of drug-likeness (QED) is 0.801. The summed E-state index contributed by atoms with van der Waals surface area (Å²) < 4.78 is 5.16. The van der Waals surface area contributed by atoms with Gasteiger partial charge in [0.05, 0.1) is 7.11 Å². The van der Waals surface area contributed by atoms with Crippen LogP contribution in [0.5, 0.6) is 5.75 Å². The molecule has 2 rings (SSSR count). The van der Waals surface area contributed by atoms with Crippen LogP contribution in [-0.4, -0.2) is 32.7 Å². The van der Waals surface area contributed by atoms with Crippen molar-refractivity contribution in [1.29, 1.82) is 0 Å². The summed E-state index contributed by atoms with van der Waals surface area (Å²) in [4.78, 5) is 12.0. The molecule has 1 saturated heterocycles. The molecule has 1 amide bonds. The predicted molar refractivity (Wildman–Crippen MR) is 96.5 cm³/mol. The lowest BCUT2D eigenvalue weighted by Gasteiger charge is -2.22. The van der Waals surface area contributed by atoms with Gasteiger partial charge in [0, 0.05) is 13.0 Å². The Morgan fingerprint density at radius 1 is 1.39 bits per heavy atom. The Bertz CT molecular complexity index is 459. The van der Waals surface area contributed by atoms with Crippen molar-refractivity contribution < 1.29 is 9.53 Å². The van der Waals surface area contributed by atoms with Crippen molar-refractivity contribution in [1.82, 2.24) is 10.6 Å². The third-order valence-electron chi connectivity index (χ3n) is 4.45. The first-order valence-corrected chi connectivity index (χ1v) is 8.30. The van der Waals surface area contributed by atoms with Crippen LogP contribution in [0, 0.1) is 5.92 Å². The highest BCUT2D eigenvalue weighted by molar-refractivity contribution is 5.85. The van der Waals surface area contributed by atoms with E-state index in [-0.39, 0.29) is 24.2 Å². The minimum atomic E-state index is 0. The average molecular weight is 341 g/mol. The van der Waals surface area contributed by atoms with Gasteiger partial charge >= 0.3 is 0 Å². The normalized spacial score (nSPS) is 18.6. The van der Waals surface area contributed by atoms with E-state index in [4.69, 9.17) is 4.74 Å². The molecule has 2 N–H and O–H groups in total. The molecule has 1 heterocycles. The molecule has 4 nitrogen and oxygen atoms in total. The van der Waals surface area contributed by atoms with E-state index in [9.17, 15) is 4.79 Å². The predicted octanol–water partition coefficient (Wildman–Crippen LogP) is 3.12. The molecule has 1 aliphatic heterocycles.